The average molecular weight is 266 g/mol. The first-order valence-corrected chi connectivity index (χ1v) is 8.61. The molecule has 0 fully saturated rings. The van der Waals surface area contributed by atoms with E-state index in [1.807, 2.05) is 27.7 Å². The molecule has 1 unspecified atom stereocenters. The van der Waals surface area contributed by atoms with E-state index in [4.69, 9.17) is 14.0 Å². The third kappa shape index (κ3) is 9.78. The van der Waals surface area contributed by atoms with E-state index in [2.05, 4.69) is 0 Å². The van der Waals surface area contributed by atoms with E-state index < -0.39 is 7.37 Å². The van der Waals surface area contributed by atoms with E-state index in [-0.39, 0.29) is 6.29 Å². The van der Waals surface area contributed by atoms with Crippen LogP contribution in [0.2, 0.25) is 0 Å². The molecule has 1 atom stereocenters. The molecular weight excluding hydrogens is 239 g/mol. The van der Waals surface area contributed by atoms with Crippen molar-refractivity contribution in [2.75, 3.05) is 32.6 Å². The Hall–Kier alpha value is 0.110. The lowest BCUT2D eigenvalue weighted by Gasteiger charge is -2.20. The van der Waals surface area contributed by atoms with Gasteiger partial charge in [-0.25, -0.2) is 0 Å². The fraction of sp³-hybridized carbons (Fsp3) is 1.00. The van der Waals surface area contributed by atoms with Crippen LogP contribution in [0.25, 0.3) is 0 Å². The predicted octanol–water partition coefficient (Wildman–Crippen LogP) is 3.36. The van der Waals surface area contributed by atoms with Gasteiger partial charge in [-0.15, -0.1) is 0 Å². The molecule has 0 N–H and O–H groups in total. The summed E-state index contributed by atoms with van der Waals surface area (Å²) in [5, 5.41) is 0. The third-order valence-electron chi connectivity index (χ3n) is 2.16. The molecule has 0 saturated carbocycles. The molecule has 0 aromatic carbocycles. The van der Waals surface area contributed by atoms with E-state index in [0.29, 0.717) is 38.3 Å². The first-order valence-electron chi connectivity index (χ1n) is 6.35. The van der Waals surface area contributed by atoms with Gasteiger partial charge in [0.1, 0.15) is 0 Å². The van der Waals surface area contributed by atoms with Gasteiger partial charge >= 0.3 is 0 Å². The molecule has 0 heterocycles. The van der Waals surface area contributed by atoms with Gasteiger partial charge in [0.2, 0.25) is 0 Å². The van der Waals surface area contributed by atoms with Gasteiger partial charge in [-0.3, -0.25) is 4.57 Å². The molecule has 0 amide bonds. The van der Waals surface area contributed by atoms with Crippen LogP contribution in [0.3, 0.4) is 0 Å². The Morgan fingerprint density at radius 1 is 1.12 bits per heavy atom. The Morgan fingerprint density at radius 3 is 2.06 bits per heavy atom. The van der Waals surface area contributed by atoms with Crippen LogP contribution in [0.15, 0.2) is 0 Å². The van der Waals surface area contributed by atoms with Crippen LogP contribution in [0.5, 0.6) is 0 Å². The SMILES string of the molecule is CCOC(CCP(C)(=O)OCC(C)C)OCC. The van der Waals surface area contributed by atoms with E-state index in [1.54, 1.807) is 6.66 Å². The number of hydrogen-bond acceptors (Lipinski definition) is 4. The zero-order chi connectivity index (χ0) is 13.3. The highest BCUT2D eigenvalue weighted by molar-refractivity contribution is 7.58. The highest BCUT2D eigenvalue weighted by Crippen LogP contribution is 2.43. The van der Waals surface area contributed by atoms with Gasteiger partial charge in [0.25, 0.3) is 0 Å². The largest absolute Gasteiger partial charge is 0.353 e. The van der Waals surface area contributed by atoms with E-state index in [1.165, 1.54) is 0 Å². The fourth-order valence-corrected chi connectivity index (χ4v) is 2.72. The molecule has 0 radical (unpaired) electrons. The van der Waals surface area contributed by atoms with Gasteiger partial charge in [0, 0.05) is 32.5 Å². The first-order chi connectivity index (χ1) is 7.91. The molecule has 4 nitrogen and oxygen atoms in total. The Balaban J connectivity index is 3.99. The smallest absolute Gasteiger partial charge is 0.200 e. The van der Waals surface area contributed by atoms with Crippen molar-refractivity contribution in [2.45, 2.75) is 40.4 Å². The second kappa shape index (κ2) is 9.09. The molecule has 0 saturated heterocycles. The van der Waals surface area contributed by atoms with E-state index >= 15 is 0 Å². The van der Waals surface area contributed by atoms with Gasteiger partial charge in [-0.05, 0) is 19.8 Å². The number of rotatable bonds is 10. The molecule has 0 bridgehead atoms. The molecule has 0 rings (SSSR count). The molecule has 0 aliphatic carbocycles. The maximum Gasteiger partial charge on any atom is 0.200 e. The summed E-state index contributed by atoms with van der Waals surface area (Å²) in [6.45, 7) is 11.4. The summed E-state index contributed by atoms with van der Waals surface area (Å²) < 4.78 is 28.3. The lowest BCUT2D eigenvalue weighted by atomic mass is 10.2. The van der Waals surface area contributed by atoms with Gasteiger partial charge in [-0.1, -0.05) is 13.8 Å². The minimum Gasteiger partial charge on any atom is -0.353 e. The Morgan fingerprint density at radius 2 is 1.65 bits per heavy atom. The molecule has 104 valence electrons. The van der Waals surface area contributed by atoms with Gasteiger partial charge in [0.15, 0.2) is 13.7 Å². The summed E-state index contributed by atoms with van der Waals surface area (Å²) in [5.41, 5.74) is 0. The first kappa shape index (κ1) is 17.1. The highest BCUT2D eigenvalue weighted by Gasteiger charge is 2.19. The summed E-state index contributed by atoms with van der Waals surface area (Å²) in [7, 11) is -2.51. The van der Waals surface area contributed by atoms with Crippen molar-refractivity contribution < 1.29 is 18.6 Å². The van der Waals surface area contributed by atoms with Crippen LogP contribution < -0.4 is 0 Å². The van der Waals surface area contributed by atoms with Crippen molar-refractivity contribution in [3.05, 3.63) is 0 Å². The maximum absolute atomic E-state index is 12.1. The standard InChI is InChI=1S/C12H27O4P/c1-6-14-12(15-7-2)8-9-17(5,13)16-10-11(3)4/h11-12H,6-10H2,1-5H3. The highest BCUT2D eigenvalue weighted by atomic mass is 31.2. The summed E-state index contributed by atoms with van der Waals surface area (Å²) in [6, 6.07) is 0. The molecule has 0 spiro atoms. The molecule has 17 heavy (non-hydrogen) atoms. The van der Waals surface area contributed by atoms with Crippen molar-refractivity contribution in [2.24, 2.45) is 5.92 Å². The van der Waals surface area contributed by atoms with Crippen LogP contribution in [-0.4, -0.2) is 38.9 Å². The topological polar surface area (TPSA) is 44.8 Å². The number of ether oxygens (including phenoxy) is 2. The van der Waals surface area contributed by atoms with Crippen molar-refractivity contribution in [3.8, 4) is 0 Å². The summed E-state index contributed by atoms with van der Waals surface area (Å²) in [6.07, 6.45) is 0.860. The summed E-state index contributed by atoms with van der Waals surface area (Å²) in [5.74, 6) is 0.401. The van der Waals surface area contributed by atoms with Crippen molar-refractivity contribution in [1.82, 2.24) is 0 Å². The lowest BCUT2D eigenvalue weighted by molar-refractivity contribution is -0.136. The van der Waals surface area contributed by atoms with Gasteiger partial charge < -0.3 is 14.0 Å². The normalized spacial score (nSPS) is 15.5. The molecule has 0 aromatic rings. The van der Waals surface area contributed by atoms with Crippen LogP contribution in [0, 0.1) is 5.92 Å². The predicted molar refractivity (Wildman–Crippen MR) is 70.8 cm³/mol. The molecular formula is C12H27O4P. The van der Waals surface area contributed by atoms with Crippen LogP contribution in [0.4, 0.5) is 0 Å². The minimum absolute atomic E-state index is 0.263. The van der Waals surface area contributed by atoms with Crippen molar-refractivity contribution in [1.29, 1.82) is 0 Å². The molecule has 0 aromatic heterocycles. The zero-order valence-electron chi connectivity index (χ0n) is 11.8. The van der Waals surface area contributed by atoms with E-state index in [0.717, 1.165) is 0 Å². The minimum atomic E-state index is -2.51. The summed E-state index contributed by atoms with van der Waals surface area (Å²) >= 11 is 0. The Bertz CT molecular complexity index is 225. The Labute approximate surface area is 105 Å². The zero-order valence-corrected chi connectivity index (χ0v) is 12.7. The molecule has 0 aliphatic rings. The molecule has 5 heteroatoms. The van der Waals surface area contributed by atoms with Crippen LogP contribution in [-0.2, 0) is 18.6 Å². The summed E-state index contributed by atoms with van der Waals surface area (Å²) in [4.78, 5) is 0. The average Bonchev–Trinajstić information content (AvgIpc) is 2.24. The fourth-order valence-electron chi connectivity index (χ4n) is 1.30. The lowest BCUT2D eigenvalue weighted by Crippen LogP contribution is -2.19. The van der Waals surface area contributed by atoms with E-state index in [9.17, 15) is 4.57 Å². The maximum atomic E-state index is 12.1. The third-order valence-corrected chi connectivity index (χ3v) is 3.92. The monoisotopic (exact) mass is 266 g/mol. The van der Waals surface area contributed by atoms with Gasteiger partial charge in [-0.2, -0.15) is 0 Å². The van der Waals surface area contributed by atoms with Crippen molar-refractivity contribution in [3.63, 3.8) is 0 Å². The quantitative estimate of drug-likeness (QED) is 0.449. The van der Waals surface area contributed by atoms with Crippen LogP contribution >= 0.6 is 7.37 Å². The van der Waals surface area contributed by atoms with Gasteiger partial charge in [0.05, 0.1) is 6.61 Å². The molecule has 0 aliphatic heterocycles. The second-order valence-corrected chi connectivity index (χ2v) is 7.29. The van der Waals surface area contributed by atoms with Crippen LogP contribution in [0.1, 0.15) is 34.1 Å². The Kier molecular flexibility index (Phi) is 9.15. The number of hydrogen-bond donors (Lipinski definition) is 0. The second-order valence-electron chi connectivity index (χ2n) is 4.56. The van der Waals surface area contributed by atoms with Crippen molar-refractivity contribution >= 4 is 7.37 Å².